The van der Waals surface area contributed by atoms with Crippen molar-refractivity contribution in [3.63, 3.8) is 0 Å². The van der Waals surface area contributed by atoms with Gasteiger partial charge in [-0.25, -0.2) is 0 Å². The Morgan fingerprint density at radius 2 is 0.694 bits per heavy atom. The molecule has 0 saturated carbocycles. The largest absolute Gasteiger partial charge is 0.394 e. The molecule has 5 nitrogen and oxygen atoms in total. The van der Waals surface area contributed by atoms with Crippen LogP contribution in [0.1, 0.15) is 296 Å². The molecule has 5 heteroatoms. The number of aliphatic hydroxyl groups excluding tert-OH is 3. The minimum atomic E-state index is -0.959. The zero-order valence-electron chi connectivity index (χ0n) is 41.8. The predicted octanol–water partition coefficient (Wildman–Crippen LogP) is 17.1. The number of hydrogen-bond donors (Lipinski definition) is 4. The van der Waals surface area contributed by atoms with Gasteiger partial charge in [0.05, 0.1) is 31.3 Å². The van der Waals surface area contributed by atoms with Gasteiger partial charge in [-0.15, -0.1) is 0 Å². The van der Waals surface area contributed by atoms with Crippen molar-refractivity contribution in [1.29, 1.82) is 0 Å². The number of aliphatic hydroxyl groups is 3. The minimum Gasteiger partial charge on any atom is -0.394 e. The number of amides is 1. The summed E-state index contributed by atoms with van der Waals surface area (Å²) in [6.07, 6.45) is 67.6. The van der Waals surface area contributed by atoms with Gasteiger partial charge in [0.25, 0.3) is 0 Å². The van der Waals surface area contributed by atoms with Gasteiger partial charge in [0.1, 0.15) is 0 Å². The van der Waals surface area contributed by atoms with Crippen LogP contribution in [0.3, 0.4) is 0 Å². The smallest absolute Gasteiger partial charge is 0.222 e. The maximum absolute atomic E-state index is 12.5. The van der Waals surface area contributed by atoms with E-state index < -0.39 is 18.2 Å². The van der Waals surface area contributed by atoms with E-state index in [0.29, 0.717) is 6.42 Å². The van der Waals surface area contributed by atoms with E-state index in [-0.39, 0.29) is 18.9 Å². The Bertz CT molecular complexity index is 962. The number of unbranched alkanes of at least 4 members (excludes halogenated alkanes) is 38. The molecule has 0 aromatic rings. The number of carbonyl (C=O) groups is 1. The fraction of sp³-hybridized carbons (Fsp3) is 0.877. The van der Waals surface area contributed by atoms with E-state index in [1.54, 1.807) is 6.08 Å². The summed E-state index contributed by atoms with van der Waals surface area (Å²) in [6, 6.07) is -0.767. The van der Waals surface area contributed by atoms with E-state index >= 15 is 0 Å². The predicted molar refractivity (Wildman–Crippen MR) is 273 cm³/mol. The van der Waals surface area contributed by atoms with Crippen molar-refractivity contribution in [1.82, 2.24) is 5.32 Å². The first kappa shape index (κ1) is 60.6. The molecule has 0 aromatic carbocycles. The zero-order chi connectivity index (χ0) is 45.1. The third-order valence-corrected chi connectivity index (χ3v) is 12.9. The Hall–Kier alpha value is -1.43. The van der Waals surface area contributed by atoms with Gasteiger partial charge < -0.3 is 20.6 Å². The van der Waals surface area contributed by atoms with Crippen LogP contribution in [-0.4, -0.2) is 46.1 Å². The topological polar surface area (TPSA) is 89.8 Å². The van der Waals surface area contributed by atoms with E-state index in [1.165, 1.54) is 231 Å². The molecule has 0 aliphatic heterocycles. The summed E-state index contributed by atoms with van der Waals surface area (Å²) in [7, 11) is 0. The molecule has 0 saturated heterocycles. The van der Waals surface area contributed by atoms with Crippen molar-refractivity contribution in [3.8, 4) is 0 Å². The van der Waals surface area contributed by atoms with E-state index in [1.807, 2.05) is 6.08 Å². The number of rotatable bonds is 51. The average molecular weight is 873 g/mol. The second kappa shape index (κ2) is 52.2. The highest BCUT2D eigenvalue weighted by Gasteiger charge is 2.20. The number of allylic oxidation sites excluding steroid dienone is 5. The van der Waals surface area contributed by atoms with Crippen molar-refractivity contribution < 1.29 is 20.1 Å². The lowest BCUT2D eigenvalue weighted by atomic mass is 10.0. The average Bonchev–Trinajstić information content (AvgIpc) is 3.27. The fourth-order valence-electron chi connectivity index (χ4n) is 8.67. The van der Waals surface area contributed by atoms with Gasteiger partial charge in [0, 0.05) is 0 Å². The summed E-state index contributed by atoms with van der Waals surface area (Å²) in [5, 5.41) is 33.4. The number of nitrogens with one attached hydrogen (secondary N) is 1. The lowest BCUT2D eigenvalue weighted by Crippen LogP contribution is -2.45. The van der Waals surface area contributed by atoms with Crippen LogP contribution in [0, 0.1) is 0 Å². The Kier molecular flexibility index (Phi) is 51.0. The second-order valence-corrected chi connectivity index (χ2v) is 19.2. The molecule has 0 spiro atoms. The summed E-state index contributed by atoms with van der Waals surface area (Å²) in [4.78, 5) is 12.5. The fourth-order valence-corrected chi connectivity index (χ4v) is 8.67. The molecule has 0 rings (SSSR count). The highest BCUT2D eigenvalue weighted by atomic mass is 16.3. The molecule has 366 valence electrons. The van der Waals surface area contributed by atoms with Gasteiger partial charge in [0.15, 0.2) is 0 Å². The molecule has 0 aliphatic carbocycles. The molecule has 3 unspecified atom stereocenters. The molecular weight excluding hydrogens is 763 g/mol. The molecule has 0 heterocycles. The summed E-state index contributed by atoms with van der Waals surface area (Å²) in [5.41, 5.74) is 0. The van der Waals surface area contributed by atoms with Gasteiger partial charge >= 0.3 is 0 Å². The Morgan fingerprint density at radius 3 is 1.03 bits per heavy atom. The molecule has 4 N–H and O–H groups in total. The van der Waals surface area contributed by atoms with E-state index in [9.17, 15) is 20.1 Å². The highest BCUT2D eigenvalue weighted by molar-refractivity contribution is 5.76. The summed E-state index contributed by atoms with van der Waals surface area (Å²) < 4.78 is 0. The molecule has 0 bridgehead atoms. The lowest BCUT2D eigenvalue weighted by Gasteiger charge is -2.21. The third kappa shape index (κ3) is 48.0. The second-order valence-electron chi connectivity index (χ2n) is 19.2. The van der Waals surface area contributed by atoms with E-state index in [4.69, 9.17) is 0 Å². The van der Waals surface area contributed by atoms with Crippen LogP contribution < -0.4 is 5.32 Å². The van der Waals surface area contributed by atoms with Crippen LogP contribution in [0.5, 0.6) is 0 Å². The van der Waals surface area contributed by atoms with Crippen LogP contribution in [-0.2, 0) is 4.79 Å². The van der Waals surface area contributed by atoms with Crippen molar-refractivity contribution in [2.45, 2.75) is 315 Å². The van der Waals surface area contributed by atoms with E-state index in [0.717, 1.165) is 38.5 Å². The van der Waals surface area contributed by atoms with Gasteiger partial charge in [-0.3, -0.25) is 4.79 Å². The first-order valence-corrected chi connectivity index (χ1v) is 27.8. The van der Waals surface area contributed by atoms with Gasteiger partial charge in [-0.2, -0.15) is 0 Å². The number of hydrogen-bond acceptors (Lipinski definition) is 4. The summed E-state index contributed by atoms with van der Waals surface area (Å²) in [5.74, 6) is -0.324. The van der Waals surface area contributed by atoms with Crippen molar-refractivity contribution >= 4 is 5.91 Å². The minimum absolute atomic E-state index is 0.00567. The first-order valence-electron chi connectivity index (χ1n) is 27.8. The summed E-state index contributed by atoms with van der Waals surface area (Å²) >= 11 is 0. The van der Waals surface area contributed by atoms with Crippen LogP contribution >= 0.6 is 0 Å². The Morgan fingerprint density at radius 1 is 0.403 bits per heavy atom. The normalized spacial score (nSPS) is 13.6. The molecule has 0 aromatic heterocycles. The SMILES string of the molecule is CCCCCCCCCCCCCC/C=C/CC/C=C/CC/C=C/C(O)C(CO)NC(=O)CC(O)CCCCCCCCCCCCCCCCCCCCCCCCCCC. The Labute approximate surface area is 387 Å². The maximum atomic E-state index is 12.5. The summed E-state index contributed by atoms with van der Waals surface area (Å²) in [6.45, 7) is 4.23. The molecule has 62 heavy (non-hydrogen) atoms. The quantitative estimate of drug-likeness (QED) is 0.0362. The van der Waals surface area contributed by atoms with Gasteiger partial charge in [-0.05, 0) is 44.9 Å². The van der Waals surface area contributed by atoms with Crippen LogP contribution in [0.15, 0.2) is 36.5 Å². The Balaban J connectivity index is 3.61. The molecule has 0 fully saturated rings. The van der Waals surface area contributed by atoms with Crippen molar-refractivity contribution in [3.05, 3.63) is 36.5 Å². The van der Waals surface area contributed by atoms with Crippen LogP contribution in [0.25, 0.3) is 0 Å². The third-order valence-electron chi connectivity index (χ3n) is 12.9. The number of carbonyl (C=O) groups excluding carboxylic acids is 1. The molecule has 3 atom stereocenters. The molecule has 1 amide bonds. The maximum Gasteiger partial charge on any atom is 0.222 e. The highest BCUT2D eigenvalue weighted by Crippen LogP contribution is 2.17. The molecule has 0 radical (unpaired) electrons. The van der Waals surface area contributed by atoms with Crippen molar-refractivity contribution in [2.75, 3.05) is 6.61 Å². The van der Waals surface area contributed by atoms with Gasteiger partial charge in [0.2, 0.25) is 5.91 Å². The standard InChI is InChI=1S/C57H109NO4/c1-3-5-7-9-11-13-15-17-19-21-23-25-27-28-29-30-32-34-36-38-40-42-44-46-48-50-54(60)52-57(62)58-55(53-59)56(61)51-49-47-45-43-41-39-37-35-33-31-26-24-22-20-18-16-14-12-10-8-6-4-2/h33,35,41,43,49,51,54-56,59-61H,3-32,34,36-40,42,44-48,50,52-53H2,1-2H3,(H,58,62)/b35-33+,43-41+,51-49+. The van der Waals surface area contributed by atoms with Gasteiger partial charge in [-0.1, -0.05) is 281 Å². The van der Waals surface area contributed by atoms with Crippen molar-refractivity contribution in [2.24, 2.45) is 0 Å². The first-order chi connectivity index (χ1) is 30.5. The molecular formula is C57H109NO4. The van der Waals surface area contributed by atoms with Crippen LogP contribution in [0.2, 0.25) is 0 Å². The monoisotopic (exact) mass is 872 g/mol. The van der Waals surface area contributed by atoms with Crippen LogP contribution in [0.4, 0.5) is 0 Å². The zero-order valence-corrected chi connectivity index (χ0v) is 41.8. The lowest BCUT2D eigenvalue weighted by molar-refractivity contribution is -0.124. The molecule has 0 aliphatic rings. The van der Waals surface area contributed by atoms with E-state index in [2.05, 4.69) is 43.5 Å².